The van der Waals surface area contributed by atoms with Gasteiger partial charge in [-0.3, -0.25) is 14.4 Å². The highest BCUT2D eigenvalue weighted by Gasteiger charge is 2.37. The van der Waals surface area contributed by atoms with Crippen molar-refractivity contribution in [3.8, 4) is 5.75 Å². The maximum atomic E-state index is 15.1. The van der Waals surface area contributed by atoms with Crippen LogP contribution in [0.2, 0.25) is 0 Å². The summed E-state index contributed by atoms with van der Waals surface area (Å²) < 4.78 is 66.7. The van der Waals surface area contributed by atoms with Gasteiger partial charge in [-0.2, -0.15) is 18.3 Å². The van der Waals surface area contributed by atoms with E-state index in [4.69, 9.17) is 9.47 Å². The van der Waals surface area contributed by atoms with Crippen LogP contribution in [-0.2, 0) is 24.0 Å². The fourth-order valence-corrected chi connectivity index (χ4v) is 4.67. The zero-order chi connectivity index (χ0) is 23.2. The van der Waals surface area contributed by atoms with E-state index in [9.17, 15) is 18.0 Å². The van der Waals surface area contributed by atoms with E-state index < -0.39 is 29.9 Å². The molecule has 1 aromatic carbocycles. The zero-order valence-corrected chi connectivity index (χ0v) is 17.8. The first-order chi connectivity index (χ1) is 15.8. The summed E-state index contributed by atoms with van der Waals surface area (Å²) in [5.41, 5.74) is -0.136. The number of aromatic nitrogens is 2. The molecule has 1 amide bonds. The largest absolute Gasteiger partial charge is 0.491 e. The van der Waals surface area contributed by atoms with Gasteiger partial charge in [-0.25, -0.2) is 4.39 Å². The molecule has 1 aromatic heterocycles. The fraction of sp³-hybridized carbons (Fsp3) is 0.545. The number of hydrogen-bond acceptors (Lipinski definition) is 5. The summed E-state index contributed by atoms with van der Waals surface area (Å²) in [6.07, 6.45) is -4.49. The lowest BCUT2D eigenvalue weighted by Crippen LogP contribution is -2.44. The van der Waals surface area contributed by atoms with Crippen molar-refractivity contribution in [2.45, 2.75) is 50.4 Å². The van der Waals surface area contributed by atoms with E-state index in [1.54, 1.807) is 10.7 Å². The summed E-state index contributed by atoms with van der Waals surface area (Å²) in [6.45, 7) is 3.44. The predicted octanol–water partition coefficient (Wildman–Crippen LogP) is 3.10. The van der Waals surface area contributed by atoms with Gasteiger partial charge in [0.1, 0.15) is 12.4 Å². The Bertz CT molecular complexity index is 1040. The second kappa shape index (κ2) is 8.60. The molecule has 11 heteroatoms. The Morgan fingerprint density at radius 2 is 1.94 bits per heavy atom. The number of nitrogens with one attached hydrogen (secondary N) is 1. The Hall–Kier alpha value is -2.66. The van der Waals surface area contributed by atoms with E-state index in [1.165, 1.54) is 0 Å². The molecule has 3 aliphatic rings. The van der Waals surface area contributed by atoms with Crippen molar-refractivity contribution in [1.82, 2.24) is 20.0 Å². The number of nitrogens with zero attached hydrogens (tertiary/aromatic N) is 3. The minimum absolute atomic E-state index is 0.0478. The van der Waals surface area contributed by atoms with E-state index >= 15 is 4.39 Å². The highest BCUT2D eigenvalue weighted by molar-refractivity contribution is 5.92. The fourth-order valence-electron chi connectivity index (χ4n) is 4.67. The van der Waals surface area contributed by atoms with Crippen LogP contribution in [0.5, 0.6) is 5.75 Å². The Morgan fingerprint density at radius 3 is 2.70 bits per heavy atom. The third-order valence-electron chi connectivity index (χ3n) is 6.49. The molecule has 0 saturated carbocycles. The quantitative estimate of drug-likeness (QED) is 0.702. The van der Waals surface area contributed by atoms with Crippen LogP contribution >= 0.6 is 0 Å². The van der Waals surface area contributed by atoms with Gasteiger partial charge in [0.05, 0.1) is 23.8 Å². The van der Waals surface area contributed by atoms with Gasteiger partial charge < -0.3 is 14.8 Å². The molecule has 5 rings (SSSR count). The average molecular weight is 468 g/mol. The lowest BCUT2D eigenvalue weighted by Gasteiger charge is -2.36. The van der Waals surface area contributed by atoms with Crippen molar-refractivity contribution < 1.29 is 31.8 Å². The SMILES string of the molecule is O=C(NC1COc2ccc(C(F)(F)F)cc2C1F)c1cc2n(n1)CCN(C1CCOCC1)C2. The van der Waals surface area contributed by atoms with E-state index in [0.717, 1.165) is 56.5 Å². The third kappa shape index (κ3) is 4.43. The van der Waals surface area contributed by atoms with Gasteiger partial charge in [0.15, 0.2) is 11.9 Å². The Labute approximate surface area is 187 Å². The molecule has 2 unspecified atom stereocenters. The smallest absolute Gasteiger partial charge is 0.416 e. The van der Waals surface area contributed by atoms with Gasteiger partial charge in [0.2, 0.25) is 0 Å². The lowest BCUT2D eigenvalue weighted by atomic mass is 9.98. The molecule has 1 fully saturated rings. The number of halogens is 4. The molecule has 0 aliphatic carbocycles. The van der Waals surface area contributed by atoms with Gasteiger partial charge in [0.25, 0.3) is 5.91 Å². The van der Waals surface area contributed by atoms with Gasteiger partial charge in [0, 0.05) is 37.9 Å². The van der Waals surface area contributed by atoms with Gasteiger partial charge in [-0.05, 0) is 37.1 Å². The number of fused-ring (bicyclic) bond motifs is 2. The molecule has 1 saturated heterocycles. The molecular weight excluding hydrogens is 444 g/mol. The number of amides is 1. The second-order valence-corrected chi connectivity index (χ2v) is 8.60. The number of carbonyl (C=O) groups excluding carboxylic acids is 1. The molecule has 2 atom stereocenters. The van der Waals surface area contributed by atoms with Crippen LogP contribution in [-0.4, -0.2) is 59.0 Å². The van der Waals surface area contributed by atoms with Crippen LogP contribution in [0.1, 0.15) is 46.3 Å². The van der Waals surface area contributed by atoms with Gasteiger partial charge in [-0.15, -0.1) is 0 Å². The molecule has 178 valence electrons. The number of benzene rings is 1. The number of rotatable bonds is 3. The molecule has 7 nitrogen and oxygen atoms in total. The van der Waals surface area contributed by atoms with Crippen molar-refractivity contribution in [2.75, 3.05) is 26.4 Å². The first-order valence-corrected chi connectivity index (χ1v) is 11.0. The molecule has 0 bridgehead atoms. The zero-order valence-electron chi connectivity index (χ0n) is 17.8. The lowest BCUT2D eigenvalue weighted by molar-refractivity contribution is -0.137. The summed E-state index contributed by atoms with van der Waals surface area (Å²) in [5.74, 6) is -0.534. The van der Waals surface area contributed by atoms with Crippen LogP contribution in [0, 0.1) is 0 Å². The molecule has 4 heterocycles. The first kappa shape index (κ1) is 22.1. The molecule has 33 heavy (non-hydrogen) atoms. The number of carbonyl (C=O) groups is 1. The van der Waals surface area contributed by atoms with E-state index in [-0.39, 0.29) is 23.6 Å². The molecular formula is C22H24F4N4O3. The van der Waals surface area contributed by atoms with Crippen molar-refractivity contribution in [3.05, 3.63) is 46.8 Å². The summed E-state index contributed by atoms with van der Waals surface area (Å²) in [6, 6.07) is 3.70. The maximum absolute atomic E-state index is 15.1. The minimum atomic E-state index is -4.60. The Morgan fingerprint density at radius 1 is 1.15 bits per heavy atom. The summed E-state index contributed by atoms with van der Waals surface area (Å²) in [4.78, 5) is 15.1. The van der Waals surface area contributed by atoms with Crippen LogP contribution in [0.3, 0.4) is 0 Å². The highest BCUT2D eigenvalue weighted by atomic mass is 19.4. The molecule has 1 N–H and O–H groups in total. The van der Waals surface area contributed by atoms with E-state index in [0.29, 0.717) is 19.1 Å². The van der Waals surface area contributed by atoms with Crippen LogP contribution in [0.15, 0.2) is 24.3 Å². The van der Waals surface area contributed by atoms with Crippen molar-refractivity contribution in [2.24, 2.45) is 0 Å². The van der Waals surface area contributed by atoms with Crippen LogP contribution < -0.4 is 10.1 Å². The minimum Gasteiger partial charge on any atom is -0.491 e. The van der Waals surface area contributed by atoms with Crippen LogP contribution in [0.4, 0.5) is 17.6 Å². The third-order valence-corrected chi connectivity index (χ3v) is 6.49. The summed E-state index contributed by atoms with van der Waals surface area (Å²) in [7, 11) is 0. The number of hydrogen-bond donors (Lipinski definition) is 1. The normalized spacial score (nSPS) is 24.0. The van der Waals surface area contributed by atoms with E-state index in [1.807, 2.05) is 0 Å². The Kier molecular flexibility index (Phi) is 5.77. The summed E-state index contributed by atoms with van der Waals surface area (Å²) in [5, 5.41) is 6.89. The predicted molar refractivity (Wildman–Crippen MR) is 109 cm³/mol. The summed E-state index contributed by atoms with van der Waals surface area (Å²) >= 11 is 0. The monoisotopic (exact) mass is 468 g/mol. The second-order valence-electron chi connectivity index (χ2n) is 8.60. The van der Waals surface area contributed by atoms with Crippen molar-refractivity contribution in [1.29, 1.82) is 0 Å². The van der Waals surface area contributed by atoms with E-state index in [2.05, 4.69) is 15.3 Å². The maximum Gasteiger partial charge on any atom is 0.416 e. The molecule has 2 aromatic rings. The van der Waals surface area contributed by atoms with Crippen molar-refractivity contribution >= 4 is 5.91 Å². The van der Waals surface area contributed by atoms with Crippen molar-refractivity contribution in [3.63, 3.8) is 0 Å². The molecule has 0 radical (unpaired) electrons. The highest BCUT2D eigenvalue weighted by Crippen LogP contribution is 2.39. The van der Waals surface area contributed by atoms with Crippen LogP contribution in [0.25, 0.3) is 0 Å². The van der Waals surface area contributed by atoms with Gasteiger partial charge in [-0.1, -0.05) is 0 Å². The molecule has 3 aliphatic heterocycles. The average Bonchev–Trinajstić information content (AvgIpc) is 3.24. The van der Waals surface area contributed by atoms with Gasteiger partial charge >= 0.3 is 6.18 Å². The Balaban J connectivity index is 1.27. The molecule has 0 spiro atoms. The standard InChI is InChI=1S/C22H24F4N4O3/c23-20-16-9-13(22(24,25)26)1-2-19(16)33-12-18(20)27-21(31)17-10-15-11-29(5-6-30(15)28-17)14-3-7-32-8-4-14/h1-2,9-10,14,18,20H,3-8,11-12H2,(H,27,31). The first-order valence-electron chi connectivity index (χ1n) is 11.0. The number of ether oxygens (including phenoxy) is 2. The topological polar surface area (TPSA) is 68.6 Å². The number of alkyl halides is 4.